The number of amides is 1. The number of nitrogens with zero attached hydrogens (tertiary/aromatic N) is 1. The average Bonchev–Trinajstić information content (AvgIpc) is 2.82. The monoisotopic (exact) mass is 279 g/mol. The molecule has 1 heterocycles. The summed E-state index contributed by atoms with van der Waals surface area (Å²) < 4.78 is 2.01. The van der Waals surface area contributed by atoms with Gasteiger partial charge in [0.15, 0.2) is 0 Å². The van der Waals surface area contributed by atoms with Gasteiger partial charge in [0.25, 0.3) is 5.91 Å². The summed E-state index contributed by atoms with van der Waals surface area (Å²) in [5.41, 5.74) is 8.64. The summed E-state index contributed by atoms with van der Waals surface area (Å²) in [5.74, 6) is -0.0803. The first-order valence-electron chi connectivity index (χ1n) is 6.89. The van der Waals surface area contributed by atoms with Crippen molar-refractivity contribution < 1.29 is 4.79 Å². The first kappa shape index (κ1) is 13.2. The molecule has 4 heteroatoms. The molecule has 2 aromatic carbocycles. The Morgan fingerprint density at radius 1 is 1.05 bits per heavy atom. The molecule has 0 saturated heterocycles. The van der Waals surface area contributed by atoms with Gasteiger partial charge in [-0.3, -0.25) is 15.6 Å². The first-order valence-corrected chi connectivity index (χ1v) is 6.89. The highest BCUT2D eigenvalue weighted by Gasteiger charge is 2.08. The second-order valence-corrected chi connectivity index (χ2v) is 4.97. The van der Waals surface area contributed by atoms with E-state index < -0.39 is 0 Å². The number of hydrogen-bond donors (Lipinski definition) is 2. The third-order valence-electron chi connectivity index (χ3n) is 3.44. The Hall–Kier alpha value is -2.75. The number of anilines is 1. The summed E-state index contributed by atoms with van der Waals surface area (Å²) >= 11 is 0. The predicted molar refractivity (Wildman–Crippen MR) is 84.9 cm³/mol. The van der Waals surface area contributed by atoms with E-state index in [2.05, 4.69) is 23.0 Å². The van der Waals surface area contributed by atoms with Gasteiger partial charge in [-0.15, -0.1) is 0 Å². The third kappa shape index (κ3) is 2.89. The number of hydrogen-bond acceptors (Lipinski definition) is 2. The molecule has 1 amide bonds. The van der Waals surface area contributed by atoms with Crippen molar-refractivity contribution in [3.63, 3.8) is 0 Å². The Kier molecular flexibility index (Phi) is 3.60. The molecule has 0 radical (unpaired) electrons. The largest absolute Gasteiger partial charge is 0.335 e. The van der Waals surface area contributed by atoms with Crippen LogP contribution in [0.5, 0.6) is 0 Å². The first-order chi connectivity index (χ1) is 10.2. The van der Waals surface area contributed by atoms with Crippen LogP contribution in [-0.2, 0) is 11.3 Å². The van der Waals surface area contributed by atoms with Crippen LogP contribution in [0.25, 0.3) is 10.9 Å². The molecule has 0 aliphatic carbocycles. The van der Waals surface area contributed by atoms with Gasteiger partial charge in [-0.2, -0.15) is 0 Å². The van der Waals surface area contributed by atoms with E-state index in [0.717, 1.165) is 22.3 Å². The minimum absolute atomic E-state index is 0.0803. The molecule has 0 fully saturated rings. The molecule has 0 spiro atoms. The van der Waals surface area contributed by atoms with Crippen LogP contribution >= 0.6 is 0 Å². The predicted octanol–water partition coefficient (Wildman–Crippen LogP) is 3.09. The second-order valence-electron chi connectivity index (χ2n) is 4.97. The van der Waals surface area contributed by atoms with Crippen molar-refractivity contribution >= 4 is 22.5 Å². The van der Waals surface area contributed by atoms with Gasteiger partial charge in [0.1, 0.15) is 6.54 Å². The SMILES string of the molecule is Cc1cc2ccccc2n1CC(=O)NNc1ccccc1. The number of benzene rings is 2. The van der Waals surface area contributed by atoms with Crippen molar-refractivity contribution in [3.8, 4) is 0 Å². The fourth-order valence-corrected chi connectivity index (χ4v) is 2.40. The highest BCUT2D eigenvalue weighted by Crippen LogP contribution is 2.18. The number of hydrazine groups is 1. The third-order valence-corrected chi connectivity index (χ3v) is 3.44. The Bertz CT molecular complexity index is 762. The molecule has 0 aliphatic rings. The zero-order chi connectivity index (χ0) is 14.7. The number of carbonyl (C=O) groups is 1. The lowest BCUT2D eigenvalue weighted by Gasteiger charge is -2.11. The van der Waals surface area contributed by atoms with Crippen LogP contribution in [0.4, 0.5) is 5.69 Å². The van der Waals surface area contributed by atoms with E-state index >= 15 is 0 Å². The lowest BCUT2D eigenvalue weighted by Crippen LogP contribution is -2.32. The van der Waals surface area contributed by atoms with E-state index in [-0.39, 0.29) is 5.91 Å². The molecule has 106 valence electrons. The minimum Gasteiger partial charge on any atom is -0.335 e. The van der Waals surface area contributed by atoms with E-state index in [1.165, 1.54) is 0 Å². The van der Waals surface area contributed by atoms with Crippen LogP contribution in [0.3, 0.4) is 0 Å². The molecular formula is C17H17N3O. The molecule has 4 nitrogen and oxygen atoms in total. The highest BCUT2D eigenvalue weighted by molar-refractivity contribution is 5.84. The zero-order valence-electron chi connectivity index (χ0n) is 11.8. The van der Waals surface area contributed by atoms with Crippen LogP contribution < -0.4 is 10.9 Å². The fourth-order valence-electron chi connectivity index (χ4n) is 2.40. The number of aromatic nitrogens is 1. The van der Waals surface area contributed by atoms with Crippen molar-refractivity contribution in [1.82, 2.24) is 9.99 Å². The van der Waals surface area contributed by atoms with Crippen LogP contribution in [0.1, 0.15) is 5.69 Å². The molecule has 21 heavy (non-hydrogen) atoms. The zero-order valence-corrected chi connectivity index (χ0v) is 11.8. The lowest BCUT2D eigenvalue weighted by molar-refractivity contribution is -0.121. The number of rotatable bonds is 4. The van der Waals surface area contributed by atoms with Crippen molar-refractivity contribution in [2.24, 2.45) is 0 Å². The molecular weight excluding hydrogens is 262 g/mol. The van der Waals surface area contributed by atoms with Gasteiger partial charge in [0.05, 0.1) is 5.69 Å². The summed E-state index contributed by atoms with van der Waals surface area (Å²) in [6, 6.07) is 19.7. The van der Waals surface area contributed by atoms with Crippen molar-refractivity contribution in [3.05, 3.63) is 66.4 Å². The van der Waals surface area contributed by atoms with Crippen molar-refractivity contribution in [2.45, 2.75) is 13.5 Å². The minimum atomic E-state index is -0.0803. The van der Waals surface area contributed by atoms with Gasteiger partial charge >= 0.3 is 0 Å². The molecule has 0 bridgehead atoms. The van der Waals surface area contributed by atoms with E-state index in [1.807, 2.05) is 60.0 Å². The number of fused-ring (bicyclic) bond motifs is 1. The van der Waals surface area contributed by atoms with E-state index in [9.17, 15) is 4.79 Å². The van der Waals surface area contributed by atoms with E-state index in [1.54, 1.807) is 0 Å². The Balaban J connectivity index is 1.70. The van der Waals surface area contributed by atoms with E-state index in [0.29, 0.717) is 6.54 Å². The van der Waals surface area contributed by atoms with Gasteiger partial charge in [-0.1, -0.05) is 36.4 Å². The smallest absolute Gasteiger partial charge is 0.258 e. The normalized spacial score (nSPS) is 10.5. The quantitative estimate of drug-likeness (QED) is 0.721. The van der Waals surface area contributed by atoms with Crippen LogP contribution in [0.15, 0.2) is 60.7 Å². The van der Waals surface area contributed by atoms with Gasteiger partial charge in [0, 0.05) is 11.2 Å². The van der Waals surface area contributed by atoms with Gasteiger partial charge < -0.3 is 4.57 Å². The highest BCUT2D eigenvalue weighted by atomic mass is 16.2. The standard InChI is InChI=1S/C17H17N3O/c1-13-11-14-7-5-6-10-16(14)20(13)12-17(21)19-18-15-8-3-2-4-9-15/h2-11,18H,12H2,1H3,(H,19,21). The van der Waals surface area contributed by atoms with Gasteiger partial charge in [-0.25, -0.2) is 0 Å². The Morgan fingerprint density at radius 2 is 1.76 bits per heavy atom. The molecule has 2 N–H and O–H groups in total. The van der Waals surface area contributed by atoms with Crippen LogP contribution in [-0.4, -0.2) is 10.5 Å². The number of para-hydroxylation sites is 2. The molecule has 0 saturated carbocycles. The second kappa shape index (κ2) is 5.71. The molecule has 0 unspecified atom stereocenters. The summed E-state index contributed by atoms with van der Waals surface area (Å²) in [7, 11) is 0. The van der Waals surface area contributed by atoms with Crippen LogP contribution in [0, 0.1) is 6.92 Å². The number of aryl methyl sites for hydroxylation is 1. The van der Waals surface area contributed by atoms with E-state index in [4.69, 9.17) is 0 Å². The topological polar surface area (TPSA) is 46.1 Å². The maximum Gasteiger partial charge on any atom is 0.258 e. The van der Waals surface area contributed by atoms with Gasteiger partial charge in [-0.05, 0) is 36.6 Å². The molecule has 1 aromatic heterocycles. The van der Waals surface area contributed by atoms with Crippen molar-refractivity contribution in [1.29, 1.82) is 0 Å². The molecule has 3 rings (SSSR count). The van der Waals surface area contributed by atoms with Crippen molar-refractivity contribution in [2.75, 3.05) is 5.43 Å². The Labute approximate surface area is 123 Å². The maximum atomic E-state index is 12.1. The lowest BCUT2D eigenvalue weighted by atomic mass is 10.2. The summed E-state index contributed by atoms with van der Waals surface area (Å²) in [5, 5.41) is 1.15. The summed E-state index contributed by atoms with van der Waals surface area (Å²) in [6.45, 7) is 2.30. The fraction of sp³-hybridized carbons (Fsp3) is 0.118. The molecule has 0 atom stereocenters. The van der Waals surface area contributed by atoms with Crippen LogP contribution in [0.2, 0.25) is 0 Å². The molecule has 0 aliphatic heterocycles. The maximum absolute atomic E-state index is 12.1. The van der Waals surface area contributed by atoms with Gasteiger partial charge in [0.2, 0.25) is 0 Å². The number of nitrogens with one attached hydrogen (secondary N) is 2. The number of carbonyl (C=O) groups excluding carboxylic acids is 1. The summed E-state index contributed by atoms with van der Waals surface area (Å²) in [4.78, 5) is 12.1. The average molecular weight is 279 g/mol. The Morgan fingerprint density at radius 3 is 2.57 bits per heavy atom. The molecule has 3 aromatic rings. The summed E-state index contributed by atoms with van der Waals surface area (Å²) in [6.07, 6.45) is 0.